The maximum absolute atomic E-state index is 13.7. The van der Waals surface area contributed by atoms with Crippen molar-refractivity contribution in [2.45, 2.75) is 19.9 Å². The molecule has 0 amide bonds. The number of nitrogens with one attached hydrogen (secondary N) is 2. The summed E-state index contributed by atoms with van der Waals surface area (Å²) in [4.78, 5) is 4.43. The summed E-state index contributed by atoms with van der Waals surface area (Å²) >= 11 is 0. The fraction of sp³-hybridized carbons (Fsp3) is 0.278. The number of halogens is 1. The van der Waals surface area contributed by atoms with Gasteiger partial charge in [-0.3, -0.25) is 0 Å². The Morgan fingerprint density at radius 2 is 2.04 bits per heavy atom. The van der Waals surface area contributed by atoms with Crippen molar-refractivity contribution in [3.05, 3.63) is 72.0 Å². The smallest absolute Gasteiger partial charge is 0.191 e. The van der Waals surface area contributed by atoms with Gasteiger partial charge in [0.1, 0.15) is 11.6 Å². The number of nitrogens with zero attached hydrogens (tertiary/aromatic N) is 1. The molecule has 0 saturated carbocycles. The quantitative estimate of drug-likeness (QED) is 0.468. The van der Waals surface area contributed by atoms with Crippen molar-refractivity contribution in [2.75, 3.05) is 13.1 Å². The molecular weight excluding hydrogens is 293 g/mol. The van der Waals surface area contributed by atoms with Gasteiger partial charge in [0, 0.05) is 25.1 Å². The predicted molar refractivity (Wildman–Crippen MR) is 90.8 cm³/mol. The highest BCUT2D eigenvalue weighted by Gasteiger charge is 2.03. The van der Waals surface area contributed by atoms with Gasteiger partial charge in [0.15, 0.2) is 5.96 Å². The zero-order valence-electron chi connectivity index (χ0n) is 13.3. The van der Waals surface area contributed by atoms with Crippen LogP contribution in [0.15, 0.2) is 64.2 Å². The van der Waals surface area contributed by atoms with Gasteiger partial charge in [-0.15, -0.1) is 0 Å². The fourth-order valence-corrected chi connectivity index (χ4v) is 1.96. The largest absolute Gasteiger partial charge is 0.469 e. The third-order valence-electron chi connectivity index (χ3n) is 3.17. The summed E-state index contributed by atoms with van der Waals surface area (Å²) in [6, 6.07) is 10.4. The topological polar surface area (TPSA) is 49.6 Å². The highest BCUT2D eigenvalue weighted by atomic mass is 19.1. The summed E-state index contributed by atoms with van der Waals surface area (Å²) in [7, 11) is 0. The molecule has 1 heterocycles. The Balaban J connectivity index is 1.93. The van der Waals surface area contributed by atoms with Crippen molar-refractivity contribution < 1.29 is 8.81 Å². The molecule has 0 radical (unpaired) electrons. The van der Waals surface area contributed by atoms with E-state index in [-0.39, 0.29) is 12.4 Å². The second-order valence-electron chi connectivity index (χ2n) is 5.32. The molecule has 2 aromatic rings. The lowest BCUT2D eigenvalue weighted by atomic mass is 10.2. The summed E-state index contributed by atoms with van der Waals surface area (Å²) in [6.45, 7) is 7.36. The van der Waals surface area contributed by atoms with Crippen molar-refractivity contribution in [3.8, 4) is 0 Å². The number of hydrogen-bond donors (Lipinski definition) is 2. The van der Waals surface area contributed by atoms with E-state index < -0.39 is 0 Å². The van der Waals surface area contributed by atoms with Gasteiger partial charge >= 0.3 is 0 Å². The first-order valence-corrected chi connectivity index (χ1v) is 7.57. The zero-order chi connectivity index (χ0) is 16.5. The molecule has 0 aliphatic rings. The molecule has 23 heavy (non-hydrogen) atoms. The van der Waals surface area contributed by atoms with Crippen molar-refractivity contribution in [1.29, 1.82) is 0 Å². The van der Waals surface area contributed by atoms with Crippen LogP contribution < -0.4 is 10.6 Å². The van der Waals surface area contributed by atoms with Crippen molar-refractivity contribution in [3.63, 3.8) is 0 Å². The van der Waals surface area contributed by atoms with Crippen LogP contribution in [-0.2, 0) is 13.0 Å². The molecule has 1 aromatic heterocycles. The van der Waals surface area contributed by atoms with E-state index in [1.54, 1.807) is 24.5 Å². The van der Waals surface area contributed by atoms with Gasteiger partial charge in [0.25, 0.3) is 0 Å². The van der Waals surface area contributed by atoms with E-state index in [2.05, 4.69) is 22.2 Å². The monoisotopic (exact) mass is 315 g/mol. The first-order chi connectivity index (χ1) is 11.1. The lowest BCUT2D eigenvalue weighted by molar-refractivity contribution is 0.507. The molecule has 0 spiro atoms. The first-order valence-electron chi connectivity index (χ1n) is 7.57. The minimum absolute atomic E-state index is 0.244. The second-order valence-corrected chi connectivity index (χ2v) is 5.32. The average Bonchev–Trinajstić information content (AvgIpc) is 3.04. The van der Waals surface area contributed by atoms with E-state index in [1.165, 1.54) is 6.07 Å². The molecule has 0 fully saturated rings. The van der Waals surface area contributed by atoms with Gasteiger partial charge in [-0.2, -0.15) is 0 Å². The molecule has 0 atom stereocenters. The van der Waals surface area contributed by atoms with Crippen LogP contribution in [0.5, 0.6) is 0 Å². The lowest BCUT2D eigenvalue weighted by Gasteiger charge is -2.12. The van der Waals surface area contributed by atoms with Gasteiger partial charge in [0.05, 0.1) is 12.8 Å². The Morgan fingerprint density at radius 1 is 1.22 bits per heavy atom. The Labute approximate surface area is 136 Å². The Kier molecular flexibility index (Phi) is 6.41. The minimum atomic E-state index is -0.244. The molecule has 0 unspecified atom stereocenters. The Hall–Kier alpha value is -2.56. The molecule has 0 bridgehead atoms. The number of guanidine groups is 1. The van der Waals surface area contributed by atoms with Gasteiger partial charge in [0.2, 0.25) is 0 Å². The first kappa shape index (κ1) is 16.8. The summed E-state index contributed by atoms with van der Waals surface area (Å²) in [6.07, 6.45) is 2.41. The van der Waals surface area contributed by atoms with Crippen molar-refractivity contribution >= 4 is 5.96 Å². The molecule has 4 nitrogen and oxygen atoms in total. The van der Waals surface area contributed by atoms with Crippen LogP contribution in [0.2, 0.25) is 0 Å². The summed E-state index contributed by atoms with van der Waals surface area (Å²) in [5.41, 5.74) is 1.56. The minimum Gasteiger partial charge on any atom is -0.469 e. The van der Waals surface area contributed by atoms with Crippen LogP contribution in [0, 0.1) is 5.82 Å². The van der Waals surface area contributed by atoms with Gasteiger partial charge in [-0.1, -0.05) is 30.4 Å². The van der Waals surface area contributed by atoms with Gasteiger partial charge < -0.3 is 15.1 Å². The molecular formula is C18H22FN3O. The van der Waals surface area contributed by atoms with Crippen LogP contribution in [0.3, 0.4) is 0 Å². The number of furan rings is 1. The standard InChI is InChI=1S/C18H22FN3O/c1-14(2)12-21-18(20-10-9-16-7-5-11-23-16)22-13-15-6-3-4-8-17(15)19/h3-8,11H,1,9-10,12-13H2,2H3,(H2,20,21,22). The third kappa shape index (κ3) is 5.98. The number of hydrogen-bond acceptors (Lipinski definition) is 2. The van der Waals surface area contributed by atoms with Crippen LogP contribution >= 0.6 is 0 Å². The molecule has 122 valence electrons. The summed E-state index contributed by atoms with van der Waals surface area (Å²) < 4.78 is 18.9. The van der Waals surface area contributed by atoms with E-state index in [4.69, 9.17) is 4.42 Å². The fourth-order valence-electron chi connectivity index (χ4n) is 1.96. The predicted octanol–water partition coefficient (Wildman–Crippen LogP) is 3.27. The molecule has 1 aromatic carbocycles. The SMILES string of the molecule is C=C(C)CNC(=NCc1ccccc1F)NCCc1ccco1. The lowest BCUT2D eigenvalue weighted by Crippen LogP contribution is -2.39. The number of benzene rings is 1. The average molecular weight is 315 g/mol. The molecule has 5 heteroatoms. The van der Waals surface area contributed by atoms with E-state index in [1.807, 2.05) is 19.1 Å². The van der Waals surface area contributed by atoms with Crippen LogP contribution in [0.25, 0.3) is 0 Å². The molecule has 0 aliphatic carbocycles. The van der Waals surface area contributed by atoms with E-state index in [0.29, 0.717) is 24.6 Å². The van der Waals surface area contributed by atoms with E-state index in [9.17, 15) is 4.39 Å². The third-order valence-corrected chi connectivity index (χ3v) is 3.17. The van der Waals surface area contributed by atoms with E-state index >= 15 is 0 Å². The Morgan fingerprint density at radius 3 is 2.74 bits per heavy atom. The Bertz CT molecular complexity index is 650. The summed E-state index contributed by atoms with van der Waals surface area (Å²) in [5, 5.41) is 6.39. The zero-order valence-corrected chi connectivity index (χ0v) is 13.3. The molecule has 2 N–H and O–H groups in total. The molecule has 0 saturated heterocycles. The van der Waals surface area contributed by atoms with Gasteiger partial charge in [-0.05, 0) is 25.1 Å². The van der Waals surface area contributed by atoms with Gasteiger partial charge in [-0.25, -0.2) is 9.38 Å². The van der Waals surface area contributed by atoms with Crippen molar-refractivity contribution in [1.82, 2.24) is 10.6 Å². The number of rotatable bonds is 7. The van der Waals surface area contributed by atoms with E-state index in [0.717, 1.165) is 17.8 Å². The number of aliphatic imine (C=N–C) groups is 1. The second kappa shape index (κ2) is 8.78. The highest BCUT2D eigenvalue weighted by molar-refractivity contribution is 5.80. The normalized spacial score (nSPS) is 11.3. The van der Waals surface area contributed by atoms with Crippen molar-refractivity contribution in [2.24, 2.45) is 4.99 Å². The molecule has 0 aliphatic heterocycles. The molecule has 2 rings (SSSR count). The maximum Gasteiger partial charge on any atom is 0.191 e. The van der Waals surface area contributed by atoms with Crippen LogP contribution in [-0.4, -0.2) is 19.0 Å². The van der Waals surface area contributed by atoms with Crippen LogP contribution in [0.4, 0.5) is 4.39 Å². The maximum atomic E-state index is 13.7. The van der Waals surface area contributed by atoms with Crippen LogP contribution in [0.1, 0.15) is 18.2 Å². The summed E-state index contributed by atoms with van der Waals surface area (Å²) in [5.74, 6) is 1.29. The highest BCUT2D eigenvalue weighted by Crippen LogP contribution is 2.07.